The van der Waals surface area contributed by atoms with Crippen LogP contribution in [0.25, 0.3) is 10.8 Å². The second-order valence-electron chi connectivity index (χ2n) is 17.9. The van der Waals surface area contributed by atoms with E-state index >= 15 is 0 Å². The highest BCUT2D eigenvalue weighted by Gasteiger charge is 2.50. The zero-order chi connectivity index (χ0) is 49.1. The molecule has 0 aliphatic carbocycles. The van der Waals surface area contributed by atoms with Gasteiger partial charge >= 0.3 is 11.8 Å². The van der Waals surface area contributed by atoms with Crippen molar-refractivity contribution in [3.8, 4) is 28.7 Å². The summed E-state index contributed by atoms with van der Waals surface area (Å²) in [5, 5.41) is 67.6. The Kier molecular flexibility index (Phi) is 15.6. The van der Waals surface area contributed by atoms with Crippen LogP contribution >= 0.6 is 0 Å². The van der Waals surface area contributed by atoms with Crippen LogP contribution in [-0.4, -0.2) is 130 Å². The van der Waals surface area contributed by atoms with Crippen molar-refractivity contribution >= 4 is 40.3 Å². The van der Waals surface area contributed by atoms with E-state index in [0.29, 0.717) is 32.7 Å². The third-order valence-corrected chi connectivity index (χ3v) is 13.3. The molecule has 67 heavy (non-hydrogen) atoms. The van der Waals surface area contributed by atoms with Crippen molar-refractivity contribution in [3.63, 3.8) is 0 Å². The molecule has 17 heteroatoms. The van der Waals surface area contributed by atoms with Crippen LogP contribution in [0.1, 0.15) is 75.5 Å². The molecule has 0 unspecified atom stereocenters. The number of benzene rings is 3. The van der Waals surface area contributed by atoms with Crippen molar-refractivity contribution in [1.82, 2.24) is 9.91 Å². The van der Waals surface area contributed by atoms with E-state index in [1.807, 2.05) is 24.3 Å². The molecule has 9 atom stereocenters. The van der Waals surface area contributed by atoms with Crippen LogP contribution in [0.5, 0.6) is 28.7 Å². The number of anilines is 1. The Labute approximate surface area is 390 Å². The number of rotatable bonds is 7. The maximum Gasteiger partial charge on any atom is 0.312 e. The van der Waals surface area contributed by atoms with E-state index in [1.165, 1.54) is 59.4 Å². The van der Waals surface area contributed by atoms with Crippen molar-refractivity contribution in [2.45, 2.75) is 92.1 Å². The van der Waals surface area contributed by atoms with E-state index in [4.69, 9.17) is 23.7 Å². The number of esters is 1. The van der Waals surface area contributed by atoms with Gasteiger partial charge in [0.05, 0.1) is 60.1 Å². The number of nitrogens with one attached hydrogen (secondary N) is 1. The number of hydrazone groups is 1. The first-order valence-electron chi connectivity index (χ1n) is 22.4. The van der Waals surface area contributed by atoms with Gasteiger partial charge in [0.15, 0.2) is 5.75 Å². The maximum atomic E-state index is 14.6. The minimum atomic E-state index is -2.07. The smallest absolute Gasteiger partial charge is 0.312 e. The number of aliphatic hydroxyl groups is 2. The number of ketones is 1. The average Bonchev–Trinajstić information content (AvgIpc) is 3.57. The summed E-state index contributed by atoms with van der Waals surface area (Å²) in [7, 11) is 3.06. The molecule has 0 aromatic heterocycles. The third kappa shape index (κ3) is 10.4. The predicted octanol–water partition coefficient (Wildman–Crippen LogP) is 5.91. The molecule has 1 saturated heterocycles. The lowest BCUT2D eigenvalue weighted by Crippen LogP contribution is -2.46. The lowest BCUT2D eigenvalue weighted by atomic mass is 9.78. The monoisotopic (exact) mass is 928 g/mol. The molecule has 1 fully saturated rings. The molecule has 4 aliphatic rings. The molecular formula is C50H64N4O13. The van der Waals surface area contributed by atoms with Gasteiger partial charge in [-0.15, -0.1) is 0 Å². The summed E-state index contributed by atoms with van der Waals surface area (Å²) in [6.45, 7) is 15.5. The summed E-state index contributed by atoms with van der Waals surface area (Å²) in [6.07, 6.45) is 4.82. The summed E-state index contributed by atoms with van der Waals surface area (Å²) in [4.78, 5) is 43.2. The molecule has 6 N–H and O–H groups in total. The van der Waals surface area contributed by atoms with Crippen molar-refractivity contribution < 1.29 is 63.6 Å². The number of piperazine rings is 1. The van der Waals surface area contributed by atoms with E-state index in [2.05, 4.69) is 15.3 Å². The molecule has 1 amide bonds. The summed E-state index contributed by atoms with van der Waals surface area (Å²) < 4.78 is 29.1. The number of allylic oxidation sites excluding steroid dienone is 2. The quantitative estimate of drug-likeness (QED) is 0.0700. The largest absolute Gasteiger partial charge is 0.507 e. The van der Waals surface area contributed by atoms with Crippen LogP contribution in [-0.2, 0) is 30.3 Å². The summed E-state index contributed by atoms with van der Waals surface area (Å²) in [6, 6.07) is 7.85. The molecule has 0 radical (unpaired) electrons. The Balaban J connectivity index is 1.44. The van der Waals surface area contributed by atoms with Gasteiger partial charge in [0.1, 0.15) is 29.1 Å². The average molecular weight is 929 g/mol. The highest BCUT2D eigenvalue weighted by Crippen LogP contribution is 2.55. The molecule has 362 valence electrons. The SMILES string of the molecule is COc1cccc(CN2CCN(N=Cc3c4c(O)c5c(O)c(C)c6c(c5c3O)C(=O)[C@@](C)(O/C=C/[C@H](OC)[C@H](C)[C@@H](OC(C)=O)[C@@H](C)[C@H](O)[C@H](C)[C@@H](O)[C@@H](C)/C=C/C=C(/C)C(=O)N4)O6)CC2)c1. The third-order valence-electron chi connectivity index (χ3n) is 13.3. The minimum absolute atomic E-state index is 0.0461. The first kappa shape index (κ1) is 50.3. The molecular weight excluding hydrogens is 865 g/mol. The number of methoxy groups -OCH3 is 2. The summed E-state index contributed by atoms with van der Waals surface area (Å²) in [5.74, 6) is -7.73. The van der Waals surface area contributed by atoms with E-state index < -0.39 is 88.8 Å². The number of amides is 1. The summed E-state index contributed by atoms with van der Waals surface area (Å²) in [5.41, 5.74) is 0.674. The maximum absolute atomic E-state index is 14.6. The Bertz CT molecular complexity index is 2480. The van der Waals surface area contributed by atoms with Gasteiger partial charge in [0, 0.05) is 93.9 Å². The van der Waals surface area contributed by atoms with Gasteiger partial charge in [0.25, 0.3) is 11.7 Å². The number of fused-ring (bicyclic) bond motifs is 14. The van der Waals surface area contributed by atoms with Crippen LogP contribution in [0.4, 0.5) is 5.69 Å². The Hall–Kier alpha value is -6.14. The minimum Gasteiger partial charge on any atom is -0.507 e. The molecule has 7 rings (SSSR count). The van der Waals surface area contributed by atoms with Crippen molar-refractivity contribution in [1.29, 1.82) is 0 Å². The number of ether oxygens (including phenoxy) is 5. The van der Waals surface area contributed by atoms with Crippen LogP contribution < -0.4 is 14.8 Å². The number of phenolic OH excluding ortho intramolecular Hbond substituents is 3. The number of aliphatic hydroxyl groups excluding tert-OH is 2. The molecule has 0 spiro atoms. The normalized spacial score (nSPS) is 29.6. The van der Waals surface area contributed by atoms with Gasteiger partial charge in [-0.05, 0) is 37.6 Å². The van der Waals surface area contributed by atoms with Crippen LogP contribution in [0.15, 0.2) is 65.5 Å². The van der Waals surface area contributed by atoms with E-state index in [-0.39, 0.29) is 44.5 Å². The number of Topliss-reactive ketones (excluding diaryl/α,β-unsaturated/α-hetero) is 1. The zero-order valence-corrected chi connectivity index (χ0v) is 39.8. The number of hydrogen-bond donors (Lipinski definition) is 6. The van der Waals surface area contributed by atoms with Gasteiger partial charge in [0.2, 0.25) is 0 Å². The molecule has 3 aromatic carbocycles. The van der Waals surface area contributed by atoms with Gasteiger partial charge in [-0.1, -0.05) is 58.1 Å². The highest BCUT2D eigenvalue weighted by molar-refractivity contribution is 6.23. The molecule has 5 bridgehead atoms. The molecule has 4 aliphatic heterocycles. The van der Waals surface area contributed by atoms with Crippen LogP contribution in [0.2, 0.25) is 0 Å². The molecule has 17 nitrogen and oxygen atoms in total. The lowest BCUT2D eigenvalue weighted by molar-refractivity contribution is -0.160. The second-order valence-corrected chi connectivity index (χ2v) is 17.9. The van der Waals surface area contributed by atoms with Gasteiger partial charge in [-0.2, -0.15) is 5.10 Å². The Morgan fingerprint density at radius 2 is 1.64 bits per heavy atom. The fourth-order valence-electron chi connectivity index (χ4n) is 9.05. The fourth-order valence-corrected chi connectivity index (χ4v) is 9.05. The second kappa shape index (κ2) is 20.8. The van der Waals surface area contributed by atoms with Crippen LogP contribution in [0.3, 0.4) is 0 Å². The zero-order valence-electron chi connectivity index (χ0n) is 39.8. The molecule has 3 aromatic rings. The Morgan fingerprint density at radius 1 is 0.940 bits per heavy atom. The first-order chi connectivity index (χ1) is 31.7. The number of hydrogen-bond acceptors (Lipinski definition) is 16. The van der Waals surface area contributed by atoms with Crippen molar-refractivity contribution in [3.05, 3.63) is 82.7 Å². The number of nitrogens with zero attached hydrogens (tertiary/aromatic N) is 3. The van der Waals surface area contributed by atoms with Gasteiger partial charge < -0.3 is 54.5 Å². The first-order valence-corrected chi connectivity index (χ1v) is 22.4. The number of phenols is 3. The number of carbonyl (C=O) groups excluding carboxylic acids is 3. The number of aromatic hydroxyl groups is 3. The van der Waals surface area contributed by atoms with E-state index in [9.17, 15) is 39.9 Å². The predicted molar refractivity (Wildman–Crippen MR) is 251 cm³/mol. The van der Waals surface area contributed by atoms with Crippen molar-refractivity contribution in [2.24, 2.45) is 28.8 Å². The molecule has 4 heterocycles. The standard InChI is InChI=1S/C50H64N4O13/c1-26-13-11-14-27(2)49(62)52-40-35(24-51-54-20-18-53(19-21-54)25-33-15-12-16-34(23-33)63-9)44(59)37-38(45(40)60)43(58)31(6)47-39(37)48(61)50(8,67-47)65-22-17-36(64-10)28(3)46(66-32(7)55)30(5)42(57)29(4)41(26)56/h11-17,22-24,26,28-30,36,41-42,46,56-60H,18-21,25H2,1-10H3,(H,52,62)/b13-11+,22-17+,27-14-,51-24?/t26-,28-,29+,30-,36-,41-,42+,46+,50-/m0/s1. The molecule has 0 saturated carbocycles. The topological polar surface area (TPSA) is 229 Å². The van der Waals surface area contributed by atoms with Gasteiger partial charge in [-0.3, -0.25) is 24.3 Å². The fraction of sp³-hybridized carbons (Fsp3) is 0.480. The highest BCUT2D eigenvalue weighted by atomic mass is 16.7. The van der Waals surface area contributed by atoms with Crippen molar-refractivity contribution in [2.75, 3.05) is 45.7 Å². The number of carbonyl (C=O) groups is 3. The van der Waals surface area contributed by atoms with E-state index in [0.717, 1.165) is 11.3 Å². The summed E-state index contributed by atoms with van der Waals surface area (Å²) >= 11 is 0. The van der Waals surface area contributed by atoms with E-state index in [1.54, 1.807) is 52.0 Å². The Morgan fingerprint density at radius 3 is 2.30 bits per heavy atom. The lowest BCUT2D eigenvalue weighted by Gasteiger charge is -2.38. The van der Waals surface area contributed by atoms with Crippen LogP contribution in [0, 0.1) is 30.6 Å². The van der Waals surface area contributed by atoms with Gasteiger partial charge in [-0.25, -0.2) is 0 Å².